The first-order valence-electron chi connectivity index (χ1n) is 13.3. The van der Waals surface area contributed by atoms with Crippen LogP contribution in [0.1, 0.15) is 11.1 Å². The number of hydrogen-bond acceptors (Lipinski definition) is 8. The molecule has 1 fully saturated rings. The lowest BCUT2D eigenvalue weighted by atomic mass is 9.83. The summed E-state index contributed by atoms with van der Waals surface area (Å²) in [6, 6.07) is 18.5. The normalized spacial score (nSPS) is 17.9. The highest BCUT2D eigenvalue weighted by Crippen LogP contribution is 2.40. The predicted molar refractivity (Wildman–Crippen MR) is 153 cm³/mol. The molecule has 40 heavy (non-hydrogen) atoms. The molecule has 210 valence electrons. The molecule has 0 aromatic heterocycles. The Kier molecular flexibility index (Phi) is 7.95. The summed E-state index contributed by atoms with van der Waals surface area (Å²) in [6.07, 6.45) is 1.06. The topological polar surface area (TPSA) is 106 Å². The average molecular weight is 547 g/mol. The van der Waals surface area contributed by atoms with Gasteiger partial charge in [-0.1, -0.05) is 18.2 Å². The van der Waals surface area contributed by atoms with E-state index in [1.54, 1.807) is 33.5 Å². The summed E-state index contributed by atoms with van der Waals surface area (Å²) in [5, 5.41) is 14.6. The van der Waals surface area contributed by atoms with Crippen molar-refractivity contribution in [1.82, 2.24) is 5.32 Å². The number of non-ortho nitro benzene ring substituents is 1. The quantitative estimate of drug-likeness (QED) is 0.319. The summed E-state index contributed by atoms with van der Waals surface area (Å²) in [6.45, 7) is 2.50. The van der Waals surface area contributed by atoms with Crippen molar-refractivity contribution in [2.75, 3.05) is 57.3 Å². The van der Waals surface area contributed by atoms with Gasteiger partial charge in [0.2, 0.25) is 5.91 Å². The second-order valence-corrected chi connectivity index (χ2v) is 9.99. The van der Waals surface area contributed by atoms with E-state index in [1.807, 2.05) is 48.5 Å². The molecule has 10 heteroatoms. The van der Waals surface area contributed by atoms with E-state index < -0.39 is 0 Å². The van der Waals surface area contributed by atoms with Crippen molar-refractivity contribution in [3.05, 3.63) is 81.9 Å². The van der Waals surface area contributed by atoms with E-state index in [4.69, 9.17) is 14.2 Å². The Bertz CT molecular complexity index is 1400. The highest BCUT2D eigenvalue weighted by Gasteiger charge is 2.42. The van der Waals surface area contributed by atoms with Crippen LogP contribution in [0.15, 0.2) is 60.7 Å². The predicted octanol–water partition coefficient (Wildman–Crippen LogP) is 3.85. The van der Waals surface area contributed by atoms with Crippen LogP contribution in [0.2, 0.25) is 0 Å². The number of methoxy groups -OCH3 is 3. The second kappa shape index (κ2) is 11.7. The summed E-state index contributed by atoms with van der Waals surface area (Å²) in [7, 11) is 4.85. The van der Waals surface area contributed by atoms with Gasteiger partial charge in [-0.25, -0.2) is 0 Å². The van der Waals surface area contributed by atoms with Gasteiger partial charge < -0.3 is 29.3 Å². The van der Waals surface area contributed by atoms with Crippen LogP contribution in [-0.4, -0.2) is 64.4 Å². The molecule has 0 radical (unpaired) electrons. The van der Waals surface area contributed by atoms with Gasteiger partial charge in [-0.2, -0.15) is 0 Å². The maximum Gasteiger partial charge on any atom is 0.269 e. The number of rotatable bonds is 9. The zero-order valence-electron chi connectivity index (χ0n) is 23.0. The van der Waals surface area contributed by atoms with Gasteiger partial charge in [0, 0.05) is 44.0 Å². The number of hydrogen-bond donors (Lipinski definition) is 1. The number of fused-ring (bicyclic) bond motifs is 3. The van der Waals surface area contributed by atoms with Crippen LogP contribution in [-0.2, 0) is 17.6 Å². The first kappa shape index (κ1) is 27.1. The third-order valence-corrected chi connectivity index (χ3v) is 7.83. The van der Waals surface area contributed by atoms with E-state index >= 15 is 0 Å². The summed E-state index contributed by atoms with van der Waals surface area (Å²) in [5.74, 6) is 1.65. The first-order valence-corrected chi connectivity index (χ1v) is 13.3. The van der Waals surface area contributed by atoms with E-state index in [0.717, 1.165) is 34.8 Å². The second-order valence-electron chi connectivity index (χ2n) is 9.99. The highest BCUT2D eigenvalue weighted by molar-refractivity contribution is 5.82. The molecule has 0 spiro atoms. The van der Waals surface area contributed by atoms with Crippen molar-refractivity contribution >= 4 is 23.0 Å². The smallest absolute Gasteiger partial charge is 0.269 e. The lowest BCUT2D eigenvalue weighted by Gasteiger charge is -2.49. The summed E-state index contributed by atoms with van der Waals surface area (Å²) in [4.78, 5) is 29.3. The molecular weight excluding hydrogens is 512 g/mol. The third kappa shape index (κ3) is 5.34. The van der Waals surface area contributed by atoms with Crippen LogP contribution in [0.25, 0.3) is 0 Å². The van der Waals surface area contributed by atoms with Crippen molar-refractivity contribution < 1.29 is 23.9 Å². The van der Waals surface area contributed by atoms with Crippen molar-refractivity contribution in [2.45, 2.75) is 18.9 Å². The number of amides is 1. The van der Waals surface area contributed by atoms with Crippen molar-refractivity contribution in [2.24, 2.45) is 5.92 Å². The SMILES string of the molecule is COc1ccc(CCNC(=O)C2Cc3cc([N+](=O)[O-])ccc3N3CCN(c4ccccc4OC)CC23)cc1OC. The van der Waals surface area contributed by atoms with E-state index in [-0.39, 0.29) is 28.5 Å². The number of nitro benzene ring substituents is 1. The number of nitrogens with zero attached hydrogens (tertiary/aromatic N) is 3. The van der Waals surface area contributed by atoms with Crippen molar-refractivity contribution in [3.8, 4) is 17.2 Å². The molecule has 2 aliphatic heterocycles. The molecule has 2 atom stereocenters. The fourth-order valence-electron chi connectivity index (χ4n) is 5.83. The lowest BCUT2D eigenvalue weighted by molar-refractivity contribution is -0.384. The maximum absolute atomic E-state index is 13.7. The van der Waals surface area contributed by atoms with E-state index in [9.17, 15) is 14.9 Å². The van der Waals surface area contributed by atoms with Crippen molar-refractivity contribution in [3.63, 3.8) is 0 Å². The molecule has 2 heterocycles. The monoisotopic (exact) mass is 546 g/mol. The van der Waals surface area contributed by atoms with Crippen molar-refractivity contribution in [1.29, 1.82) is 0 Å². The fourth-order valence-corrected chi connectivity index (χ4v) is 5.83. The van der Waals surface area contributed by atoms with Gasteiger partial charge in [0.15, 0.2) is 11.5 Å². The average Bonchev–Trinajstić information content (AvgIpc) is 2.99. The number of nitrogens with one attached hydrogen (secondary N) is 1. The fraction of sp³-hybridized carbons (Fsp3) is 0.367. The molecule has 3 aromatic rings. The summed E-state index contributed by atoms with van der Waals surface area (Å²) >= 11 is 0. The van der Waals surface area contributed by atoms with Gasteiger partial charge >= 0.3 is 0 Å². The molecule has 0 saturated carbocycles. The molecule has 1 saturated heterocycles. The van der Waals surface area contributed by atoms with E-state index in [2.05, 4.69) is 15.1 Å². The largest absolute Gasteiger partial charge is 0.495 e. The molecule has 0 aliphatic carbocycles. The first-order chi connectivity index (χ1) is 19.4. The van der Waals surface area contributed by atoms with Crippen LogP contribution < -0.4 is 29.3 Å². The van der Waals surface area contributed by atoms with Crippen LogP contribution >= 0.6 is 0 Å². The van der Waals surface area contributed by atoms with E-state index in [1.165, 1.54) is 0 Å². The molecule has 5 rings (SSSR count). The Labute approximate surface area is 233 Å². The number of carbonyl (C=O) groups excluding carboxylic acids is 1. The maximum atomic E-state index is 13.7. The molecule has 10 nitrogen and oxygen atoms in total. The molecule has 2 unspecified atom stereocenters. The summed E-state index contributed by atoms with van der Waals surface area (Å²) in [5.41, 5.74) is 3.84. The number of anilines is 2. The van der Waals surface area contributed by atoms with Gasteiger partial charge in [-0.3, -0.25) is 14.9 Å². The van der Waals surface area contributed by atoms with Gasteiger partial charge in [0.25, 0.3) is 5.69 Å². The number of benzene rings is 3. The summed E-state index contributed by atoms with van der Waals surface area (Å²) < 4.78 is 16.3. The molecule has 3 aromatic carbocycles. The Morgan fingerprint density at radius 2 is 1.73 bits per heavy atom. The minimum absolute atomic E-state index is 0.0393. The number of ether oxygens (including phenoxy) is 3. The van der Waals surface area contributed by atoms with E-state index in [0.29, 0.717) is 44.0 Å². The number of carbonyl (C=O) groups is 1. The Morgan fingerprint density at radius 3 is 2.48 bits per heavy atom. The lowest BCUT2D eigenvalue weighted by Crippen LogP contribution is -2.61. The number of piperazine rings is 1. The van der Waals surface area contributed by atoms with Gasteiger partial charge in [0.1, 0.15) is 5.75 Å². The van der Waals surface area contributed by atoms with Crippen LogP contribution in [0.4, 0.5) is 17.1 Å². The number of nitro groups is 1. The zero-order chi connectivity index (χ0) is 28.2. The van der Waals surface area contributed by atoms with Crippen LogP contribution in [0.3, 0.4) is 0 Å². The molecule has 2 aliphatic rings. The Hall–Kier alpha value is -4.47. The van der Waals surface area contributed by atoms with Crippen LogP contribution in [0.5, 0.6) is 17.2 Å². The molecule has 0 bridgehead atoms. The molecular formula is C30H34N4O6. The Balaban J connectivity index is 1.37. The standard InChI is InChI=1S/C30H34N4O6/c1-38-27-7-5-4-6-25(27)32-14-15-33-24-10-9-22(34(36)37)17-21(24)18-23(26(33)19-32)30(35)31-13-12-20-8-11-28(39-2)29(16-20)40-3/h4-11,16-17,23,26H,12-15,18-19H2,1-3H3,(H,31,35). The van der Waals surface area contributed by atoms with Gasteiger partial charge in [-0.05, 0) is 54.3 Å². The molecule has 1 amide bonds. The third-order valence-electron chi connectivity index (χ3n) is 7.83. The van der Waals surface area contributed by atoms with Gasteiger partial charge in [-0.15, -0.1) is 0 Å². The Morgan fingerprint density at radius 1 is 0.950 bits per heavy atom. The zero-order valence-corrected chi connectivity index (χ0v) is 23.0. The minimum Gasteiger partial charge on any atom is -0.495 e. The van der Waals surface area contributed by atoms with Gasteiger partial charge in [0.05, 0.1) is 43.9 Å². The highest BCUT2D eigenvalue weighted by atomic mass is 16.6. The number of para-hydroxylation sites is 2. The minimum atomic E-state index is -0.385. The molecule has 1 N–H and O–H groups in total. The van der Waals surface area contributed by atoms with Crippen LogP contribution in [0, 0.1) is 16.0 Å².